The van der Waals surface area contributed by atoms with Crippen molar-refractivity contribution in [2.24, 2.45) is 0 Å². The van der Waals surface area contributed by atoms with Crippen molar-refractivity contribution in [1.29, 1.82) is 0 Å². The van der Waals surface area contributed by atoms with Gasteiger partial charge in [0.1, 0.15) is 16.0 Å². The molecular formula is C20H18N6OS2. The van der Waals surface area contributed by atoms with E-state index in [-0.39, 0.29) is 5.91 Å². The van der Waals surface area contributed by atoms with Gasteiger partial charge in [-0.2, -0.15) is 0 Å². The number of anilines is 1. The van der Waals surface area contributed by atoms with Gasteiger partial charge in [0.05, 0.1) is 0 Å². The first-order valence-electron chi connectivity index (χ1n) is 9.32. The summed E-state index contributed by atoms with van der Waals surface area (Å²) in [6.07, 6.45) is 3.48. The predicted octanol–water partition coefficient (Wildman–Crippen LogP) is 3.50. The molecule has 1 amide bonds. The van der Waals surface area contributed by atoms with Gasteiger partial charge < -0.3 is 14.8 Å². The quantitative estimate of drug-likeness (QED) is 0.512. The second-order valence-corrected chi connectivity index (χ2v) is 8.10. The minimum atomic E-state index is -0.0215. The number of carbonyl (C=O) groups is 1. The van der Waals surface area contributed by atoms with Crippen molar-refractivity contribution in [1.82, 2.24) is 24.4 Å². The van der Waals surface area contributed by atoms with Crippen LogP contribution < -0.4 is 4.90 Å². The van der Waals surface area contributed by atoms with Gasteiger partial charge in [-0.05, 0) is 36.5 Å². The lowest BCUT2D eigenvalue weighted by molar-refractivity contribution is 0.0738. The van der Waals surface area contributed by atoms with Gasteiger partial charge in [-0.25, -0.2) is 9.97 Å². The highest BCUT2D eigenvalue weighted by molar-refractivity contribution is 7.71. The number of nitrogens with zero attached hydrogens (tertiary/aromatic N) is 5. The van der Waals surface area contributed by atoms with E-state index >= 15 is 0 Å². The lowest BCUT2D eigenvalue weighted by atomic mass is 10.2. The molecule has 1 saturated heterocycles. The fourth-order valence-corrected chi connectivity index (χ4v) is 4.74. The van der Waals surface area contributed by atoms with Gasteiger partial charge in [-0.3, -0.25) is 9.36 Å². The van der Waals surface area contributed by atoms with Crippen LogP contribution in [-0.2, 0) is 0 Å². The monoisotopic (exact) mass is 422 g/mol. The van der Waals surface area contributed by atoms with E-state index in [4.69, 9.17) is 12.2 Å². The number of aromatic amines is 1. The molecule has 7 nitrogen and oxygen atoms in total. The number of hydrogen-bond donors (Lipinski definition) is 1. The van der Waals surface area contributed by atoms with Crippen LogP contribution >= 0.6 is 23.6 Å². The molecule has 3 aromatic heterocycles. The van der Waals surface area contributed by atoms with Crippen LogP contribution in [-0.4, -0.2) is 56.5 Å². The normalized spacial score (nSPS) is 14.5. The van der Waals surface area contributed by atoms with Crippen LogP contribution in [0.2, 0.25) is 0 Å². The van der Waals surface area contributed by atoms with Crippen LogP contribution in [0.3, 0.4) is 0 Å². The van der Waals surface area contributed by atoms with Crippen molar-refractivity contribution < 1.29 is 4.79 Å². The Bertz CT molecular complexity index is 1190. The molecule has 0 saturated carbocycles. The van der Waals surface area contributed by atoms with Crippen LogP contribution in [0.4, 0.5) is 5.13 Å². The highest BCUT2D eigenvalue weighted by atomic mass is 32.1. The van der Waals surface area contributed by atoms with Crippen LogP contribution in [0, 0.1) is 4.77 Å². The number of carbonyl (C=O) groups excluding carboxylic acids is 1. The zero-order valence-corrected chi connectivity index (χ0v) is 17.1. The molecule has 0 radical (unpaired) electrons. The van der Waals surface area contributed by atoms with E-state index in [9.17, 15) is 4.79 Å². The van der Waals surface area contributed by atoms with Crippen LogP contribution in [0.15, 0.2) is 54.9 Å². The van der Waals surface area contributed by atoms with E-state index in [0.29, 0.717) is 23.6 Å². The number of pyridine rings is 1. The van der Waals surface area contributed by atoms with E-state index in [2.05, 4.69) is 19.9 Å². The summed E-state index contributed by atoms with van der Waals surface area (Å²) in [6.45, 7) is 2.74. The third kappa shape index (κ3) is 3.32. The Morgan fingerprint density at radius 1 is 1.07 bits per heavy atom. The number of imidazole rings is 1. The summed E-state index contributed by atoms with van der Waals surface area (Å²) in [6, 6.07) is 13.6. The second-order valence-electron chi connectivity index (χ2n) is 6.75. The summed E-state index contributed by atoms with van der Waals surface area (Å²) >= 11 is 7.00. The number of amides is 1. The van der Waals surface area contributed by atoms with Gasteiger partial charge in [0, 0.05) is 44.3 Å². The fraction of sp³-hybridized carbons (Fsp3) is 0.200. The molecule has 1 aromatic carbocycles. The van der Waals surface area contributed by atoms with Crippen molar-refractivity contribution in [3.8, 4) is 5.69 Å². The zero-order valence-electron chi connectivity index (χ0n) is 15.5. The molecule has 4 heterocycles. The number of hydrogen-bond acceptors (Lipinski definition) is 6. The number of piperazine rings is 1. The van der Waals surface area contributed by atoms with Gasteiger partial charge in [0.15, 0.2) is 9.90 Å². The maximum Gasteiger partial charge on any atom is 0.272 e. The van der Waals surface area contributed by atoms with Crippen LogP contribution in [0.5, 0.6) is 0 Å². The minimum absolute atomic E-state index is 0.0215. The Morgan fingerprint density at radius 3 is 2.62 bits per heavy atom. The van der Waals surface area contributed by atoms with Crippen LogP contribution in [0.1, 0.15) is 10.5 Å². The van der Waals surface area contributed by atoms with Crippen molar-refractivity contribution in [3.63, 3.8) is 0 Å². The molecule has 5 rings (SSSR count). The maximum absolute atomic E-state index is 13.2. The number of fused-ring (bicyclic) bond motifs is 1. The second kappa shape index (κ2) is 7.41. The van der Waals surface area contributed by atoms with Crippen LogP contribution in [0.25, 0.3) is 16.0 Å². The summed E-state index contributed by atoms with van der Waals surface area (Å²) < 4.78 is 2.31. The number of rotatable bonds is 3. The molecule has 0 aliphatic carbocycles. The van der Waals surface area contributed by atoms with Gasteiger partial charge in [-0.1, -0.05) is 29.5 Å². The standard InChI is InChI=1S/C20H18N6OS2/c27-18(16-13-22-19(28)26(16)14-5-2-1-3-6-14)24-9-11-25(12-10-24)20-23-15-7-4-8-21-17(15)29-20/h1-8,13H,9-12H2,(H,22,28). The van der Waals surface area contributed by atoms with E-state index in [1.807, 2.05) is 47.4 Å². The van der Waals surface area contributed by atoms with E-state index in [1.54, 1.807) is 28.3 Å². The lowest BCUT2D eigenvalue weighted by Gasteiger charge is -2.34. The number of H-pyrrole nitrogens is 1. The molecule has 29 heavy (non-hydrogen) atoms. The summed E-state index contributed by atoms with van der Waals surface area (Å²) in [7, 11) is 0. The molecule has 1 fully saturated rings. The fourth-order valence-electron chi connectivity index (χ4n) is 3.52. The van der Waals surface area contributed by atoms with Gasteiger partial charge in [-0.15, -0.1) is 0 Å². The first-order valence-corrected chi connectivity index (χ1v) is 10.5. The Kier molecular flexibility index (Phi) is 4.61. The predicted molar refractivity (Wildman–Crippen MR) is 116 cm³/mol. The number of aromatic nitrogens is 4. The van der Waals surface area contributed by atoms with Crippen molar-refractivity contribution in [3.05, 3.63) is 65.3 Å². The smallest absolute Gasteiger partial charge is 0.272 e. The Labute approximate surface area is 176 Å². The Morgan fingerprint density at radius 2 is 1.86 bits per heavy atom. The molecule has 146 valence electrons. The van der Waals surface area contributed by atoms with E-state index in [1.165, 1.54) is 0 Å². The van der Waals surface area contributed by atoms with E-state index < -0.39 is 0 Å². The third-order valence-electron chi connectivity index (χ3n) is 5.00. The van der Waals surface area contributed by atoms with Gasteiger partial charge in [0.25, 0.3) is 5.91 Å². The summed E-state index contributed by atoms with van der Waals surface area (Å²) in [5.41, 5.74) is 2.35. The summed E-state index contributed by atoms with van der Waals surface area (Å²) in [5, 5.41) is 0.958. The molecule has 4 aromatic rings. The molecule has 1 N–H and O–H groups in total. The highest BCUT2D eigenvalue weighted by Gasteiger charge is 2.26. The maximum atomic E-state index is 13.2. The largest absolute Gasteiger partial charge is 0.344 e. The molecule has 0 atom stereocenters. The lowest BCUT2D eigenvalue weighted by Crippen LogP contribution is -2.49. The minimum Gasteiger partial charge on any atom is -0.344 e. The Hall–Kier alpha value is -3.04. The molecule has 0 bridgehead atoms. The number of benzene rings is 1. The Balaban J connectivity index is 1.34. The molecule has 0 unspecified atom stereocenters. The molecule has 0 spiro atoms. The van der Waals surface area contributed by atoms with E-state index in [0.717, 1.165) is 34.3 Å². The third-order valence-corrected chi connectivity index (χ3v) is 6.34. The first kappa shape index (κ1) is 18.0. The molecule has 9 heteroatoms. The summed E-state index contributed by atoms with van der Waals surface area (Å²) in [5.74, 6) is -0.0215. The molecule has 1 aliphatic heterocycles. The zero-order chi connectivity index (χ0) is 19.8. The highest BCUT2D eigenvalue weighted by Crippen LogP contribution is 2.28. The SMILES string of the molecule is O=C(c1c[nH]c(=S)n1-c1ccccc1)N1CCN(c2nc3cccnc3s2)CC1. The summed E-state index contributed by atoms with van der Waals surface area (Å²) in [4.78, 5) is 30.3. The number of thiazole rings is 1. The molecule has 1 aliphatic rings. The van der Waals surface area contributed by atoms with Crippen molar-refractivity contribution in [2.75, 3.05) is 31.1 Å². The molecular weight excluding hydrogens is 404 g/mol. The van der Waals surface area contributed by atoms with Crippen molar-refractivity contribution in [2.45, 2.75) is 0 Å². The number of nitrogens with one attached hydrogen (secondary N) is 1. The first-order chi connectivity index (χ1) is 14.2. The van der Waals surface area contributed by atoms with Gasteiger partial charge >= 0.3 is 0 Å². The number of para-hydroxylation sites is 1. The van der Waals surface area contributed by atoms with Gasteiger partial charge in [0.2, 0.25) is 0 Å². The average Bonchev–Trinajstić information content (AvgIpc) is 3.37. The topological polar surface area (TPSA) is 70.1 Å². The average molecular weight is 423 g/mol. The van der Waals surface area contributed by atoms with Crippen molar-refractivity contribution >= 4 is 44.9 Å².